The molecular formula is C19H21BN2O2. The van der Waals surface area contributed by atoms with Crippen LogP contribution in [0.4, 0.5) is 0 Å². The molecule has 2 heterocycles. The second kappa shape index (κ2) is 5.20. The van der Waals surface area contributed by atoms with Crippen LogP contribution in [-0.4, -0.2) is 27.9 Å². The molecule has 0 saturated carbocycles. The lowest BCUT2D eigenvalue weighted by atomic mass is 9.79. The fraction of sp³-hybridized carbons (Fsp3) is 0.316. The summed E-state index contributed by atoms with van der Waals surface area (Å²) in [4.78, 5) is 4.45. The molecule has 0 spiro atoms. The van der Waals surface area contributed by atoms with E-state index in [0.717, 1.165) is 22.2 Å². The highest BCUT2D eigenvalue weighted by molar-refractivity contribution is 6.62. The minimum atomic E-state index is -0.330. The Morgan fingerprint density at radius 3 is 2.17 bits per heavy atom. The first kappa shape index (κ1) is 15.4. The van der Waals surface area contributed by atoms with E-state index in [1.54, 1.807) is 0 Å². The summed E-state index contributed by atoms with van der Waals surface area (Å²) in [5, 5.41) is 0. The van der Waals surface area contributed by atoms with Crippen molar-refractivity contribution in [3.05, 3.63) is 54.9 Å². The molecule has 0 bridgehead atoms. The largest absolute Gasteiger partial charge is 0.494 e. The minimum Gasteiger partial charge on any atom is -0.399 e. The first-order valence-corrected chi connectivity index (χ1v) is 8.25. The number of rotatable bonds is 2. The van der Waals surface area contributed by atoms with E-state index in [1.807, 2.05) is 24.5 Å². The molecule has 0 amide bonds. The molecule has 122 valence electrons. The SMILES string of the molecule is CC1(C)OB(c2ccc(-n3cnc4ccccc43)cc2)OC1(C)C. The first-order chi connectivity index (χ1) is 11.4. The van der Waals surface area contributed by atoms with Gasteiger partial charge in [-0.3, -0.25) is 4.57 Å². The zero-order valence-electron chi connectivity index (χ0n) is 14.5. The van der Waals surface area contributed by atoms with Gasteiger partial charge in [-0.25, -0.2) is 4.98 Å². The third-order valence-electron chi connectivity index (χ3n) is 5.15. The molecule has 0 aliphatic carbocycles. The van der Waals surface area contributed by atoms with Crippen molar-refractivity contribution in [1.82, 2.24) is 9.55 Å². The summed E-state index contributed by atoms with van der Waals surface area (Å²) in [6.07, 6.45) is 1.86. The normalized spacial score (nSPS) is 19.1. The van der Waals surface area contributed by atoms with Crippen LogP contribution >= 0.6 is 0 Å². The summed E-state index contributed by atoms with van der Waals surface area (Å²) in [6, 6.07) is 16.4. The standard InChI is InChI=1S/C19H21BN2O2/c1-18(2)19(3,4)24-20(23-18)14-9-11-15(12-10-14)22-13-21-16-7-5-6-8-17(16)22/h5-13H,1-4H3. The molecule has 0 unspecified atom stereocenters. The Morgan fingerprint density at radius 1 is 0.875 bits per heavy atom. The predicted molar refractivity (Wildman–Crippen MR) is 96.8 cm³/mol. The van der Waals surface area contributed by atoms with Crippen LogP contribution in [0.5, 0.6) is 0 Å². The fourth-order valence-electron chi connectivity index (χ4n) is 2.94. The Balaban J connectivity index is 1.64. The molecule has 1 saturated heterocycles. The van der Waals surface area contributed by atoms with Crippen molar-refractivity contribution in [2.45, 2.75) is 38.9 Å². The van der Waals surface area contributed by atoms with Gasteiger partial charge in [0.15, 0.2) is 0 Å². The van der Waals surface area contributed by atoms with Gasteiger partial charge in [-0.2, -0.15) is 0 Å². The third kappa shape index (κ3) is 2.36. The molecule has 1 aromatic heterocycles. The van der Waals surface area contributed by atoms with Crippen LogP contribution in [0.2, 0.25) is 0 Å². The molecule has 1 aliphatic rings. The van der Waals surface area contributed by atoms with Gasteiger partial charge in [-0.15, -0.1) is 0 Å². The number of para-hydroxylation sites is 2. The van der Waals surface area contributed by atoms with E-state index in [1.165, 1.54) is 0 Å². The van der Waals surface area contributed by atoms with Crippen LogP contribution < -0.4 is 5.46 Å². The number of hydrogen-bond acceptors (Lipinski definition) is 3. The molecular weight excluding hydrogens is 299 g/mol. The van der Waals surface area contributed by atoms with Crippen LogP contribution in [0, 0.1) is 0 Å². The quantitative estimate of drug-likeness (QED) is 0.680. The number of benzene rings is 2. The Bertz CT molecular complexity index is 868. The lowest BCUT2D eigenvalue weighted by Crippen LogP contribution is -2.41. The highest BCUT2D eigenvalue weighted by Gasteiger charge is 2.51. The van der Waals surface area contributed by atoms with Crippen LogP contribution in [0.15, 0.2) is 54.9 Å². The van der Waals surface area contributed by atoms with Gasteiger partial charge >= 0.3 is 7.12 Å². The predicted octanol–water partition coefficient (Wildman–Crippen LogP) is 3.32. The first-order valence-electron chi connectivity index (χ1n) is 8.25. The lowest BCUT2D eigenvalue weighted by molar-refractivity contribution is 0.00578. The Labute approximate surface area is 142 Å². The number of aromatic nitrogens is 2. The summed E-state index contributed by atoms with van der Waals surface area (Å²) in [5.41, 5.74) is 3.55. The average molecular weight is 320 g/mol. The van der Waals surface area contributed by atoms with E-state index in [4.69, 9.17) is 9.31 Å². The van der Waals surface area contributed by atoms with Crippen molar-refractivity contribution in [3.8, 4) is 5.69 Å². The van der Waals surface area contributed by atoms with Crippen LogP contribution in [-0.2, 0) is 9.31 Å². The van der Waals surface area contributed by atoms with Gasteiger partial charge in [-0.1, -0.05) is 24.3 Å². The molecule has 4 nitrogen and oxygen atoms in total. The third-order valence-corrected chi connectivity index (χ3v) is 5.15. The van der Waals surface area contributed by atoms with Gasteiger partial charge in [0.1, 0.15) is 6.33 Å². The summed E-state index contributed by atoms with van der Waals surface area (Å²) in [6.45, 7) is 8.27. The zero-order chi connectivity index (χ0) is 16.9. The van der Waals surface area contributed by atoms with Crippen molar-refractivity contribution in [2.75, 3.05) is 0 Å². The maximum atomic E-state index is 6.11. The molecule has 0 N–H and O–H groups in total. The maximum absolute atomic E-state index is 6.11. The zero-order valence-corrected chi connectivity index (χ0v) is 14.5. The van der Waals surface area contributed by atoms with E-state index >= 15 is 0 Å². The fourth-order valence-corrected chi connectivity index (χ4v) is 2.94. The smallest absolute Gasteiger partial charge is 0.399 e. The van der Waals surface area contributed by atoms with Crippen LogP contribution in [0.25, 0.3) is 16.7 Å². The van der Waals surface area contributed by atoms with Gasteiger partial charge in [0, 0.05) is 5.69 Å². The molecule has 1 fully saturated rings. The van der Waals surface area contributed by atoms with Crippen LogP contribution in [0.1, 0.15) is 27.7 Å². The molecule has 1 aliphatic heterocycles. The molecule has 4 rings (SSSR count). The van der Waals surface area contributed by atoms with E-state index in [2.05, 4.69) is 67.6 Å². The van der Waals surface area contributed by atoms with Gasteiger partial charge in [0.25, 0.3) is 0 Å². The topological polar surface area (TPSA) is 36.3 Å². The molecule has 2 aromatic carbocycles. The number of hydrogen-bond donors (Lipinski definition) is 0. The lowest BCUT2D eigenvalue weighted by Gasteiger charge is -2.32. The number of imidazole rings is 1. The summed E-state index contributed by atoms with van der Waals surface area (Å²) >= 11 is 0. The second-order valence-corrected chi connectivity index (χ2v) is 7.28. The minimum absolute atomic E-state index is 0.323. The maximum Gasteiger partial charge on any atom is 0.494 e. The van der Waals surface area contributed by atoms with E-state index in [0.29, 0.717) is 0 Å². The van der Waals surface area contributed by atoms with Crippen molar-refractivity contribution < 1.29 is 9.31 Å². The van der Waals surface area contributed by atoms with E-state index in [9.17, 15) is 0 Å². The van der Waals surface area contributed by atoms with Crippen molar-refractivity contribution in [1.29, 1.82) is 0 Å². The molecule has 3 aromatic rings. The van der Waals surface area contributed by atoms with E-state index in [-0.39, 0.29) is 18.3 Å². The van der Waals surface area contributed by atoms with Gasteiger partial charge in [0.05, 0.1) is 22.2 Å². The van der Waals surface area contributed by atoms with Crippen LogP contribution in [0.3, 0.4) is 0 Å². The average Bonchev–Trinajstić information content (AvgIpc) is 3.06. The Morgan fingerprint density at radius 2 is 1.50 bits per heavy atom. The monoisotopic (exact) mass is 320 g/mol. The summed E-state index contributed by atoms with van der Waals surface area (Å²) in [5.74, 6) is 0. The summed E-state index contributed by atoms with van der Waals surface area (Å²) in [7, 11) is -0.330. The highest BCUT2D eigenvalue weighted by atomic mass is 16.7. The molecule has 0 atom stereocenters. The van der Waals surface area contributed by atoms with E-state index < -0.39 is 0 Å². The number of fused-ring (bicyclic) bond motifs is 1. The highest BCUT2D eigenvalue weighted by Crippen LogP contribution is 2.36. The Hall–Kier alpha value is -2.11. The van der Waals surface area contributed by atoms with Crippen molar-refractivity contribution in [2.24, 2.45) is 0 Å². The van der Waals surface area contributed by atoms with Crippen molar-refractivity contribution >= 4 is 23.6 Å². The van der Waals surface area contributed by atoms with Crippen molar-refractivity contribution in [3.63, 3.8) is 0 Å². The number of nitrogens with zero attached hydrogens (tertiary/aromatic N) is 2. The molecule has 5 heteroatoms. The van der Waals surface area contributed by atoms with Gasteiger partial charge < -0.3 is 9.31 Å². The second-order valence-electron chi connectivity index (χ2n) is 7.28. The molecule has 0 radical (unpaired) electrons. The molecule has 24 heavy (non-hydrogen) atoms. The Kier molecular flexibility index (Phi) is 3.34. The summed E-state index contributed by atoms with van der Waals surface area (Å²) < 4.78 is 14.3. The van der Waals surface area contributed by atoms with Gasteiger partial charge in [0.2, 0.25) is 0 Å². The van der Waals surface area contributed by atoms with Gasteiger partial charge in [-0.05, 0) is 57.4 Å².